The van der Waals surface area contributed by atoms with Crippen LogP contribution >= 0.6 is 0 Å². The maximum absolute atomic E-state index is 11.1. The molecule has 0 aromatic rings. The molecule has 2 N–H and O–H groups in total. The highest BCUT2D eigenvalue weighted by Crippen LogP contribution is 2.20. The molecule has 0 aromatic heterocycles. The molecule has 0 heterocycles. The van der Waals surface area contributed by atoms with Gasteiger partial charge in [0.15, 0.2) is 0 Å². The van der Waals surface area contributed by atoms with Gasteiger partial charge in [-0.05, 0) is 19.3 Å². The molecule has 0 aliphatic carbocycles. The van der Waals surface area contributed by atoms with Gasteiger partial charge in [0.2, 0.25) is 0 Å². The molecule has 0 bridgehead atoms. The van der Waals surface area contributed by atoms with Crippen LogP contribution in [-0.4, -0.2) is 22.2 Å². The first-order valence-corrected chi connectivity index (χ1v) is 6.70. The lowest BCUT2D eigenvalue weighted by atomic mass is 9.92. The Bertz CT molecular complexity index is 294. The van der Waals surface area contributed by atoms with Crippen LogP contribution in [0.15, 0.2) is 11.6 Å². The fraction of sp³-hybridized carbons (Fsp3) is 0.714. The molecule has 1 atom stereocenters. The summed E-state index contributed by atoms with van der Waals surface area (Å²) in [7, 11) is 0. The topological polar surface area (TPSA) is 74.6 Å². The quantitative estimate of drug-likeness (QED) is 0.463. The Labute approximate surface area is 109 Å². The van der Waals surface area contributed by atoms with Crippen molar-refractivity contribution in [1.82, 2.24) is 0 Å². The molecule has 0 rings (SSSR count). The van der Waals surface area contributed by atoms with Crippen molar-refractivity contribution < 1.29 is 19.8 Å². The number of aliphatic carboxylic acids is 2. The first kappa shape index (κ1) is 16.7. The molecule has 0 amide bonds. The zero-order valence-corrected chi connectivity index (χ0v) is 11.3. The largest absolute Gasteiger partial charge is 0.481 e. The number of hydrogen-bond donors (Lipinski definition) is 2. The highest BCUT2D eigenvalue weighted by molar-refractivity contribution is 5.93. The van der Waals surface area contributed by atoms with Gasteiger partial charge < -0.3 is 10.2 Å². The fourth-order valence-corrected chi connectivity index (χ4v) is 1.85. The van der Waals surface area contributed by atoms with Crippen molar-refractivity contribution in [2.45, 2.75) is 58.8 Å². The van der Waals surface area contributed by atoms with E-state index in [1.165, 1.54) is 0 Å². The molecule has 104 valence electrons. The van der Waals surface area contributed by atoms with E-state index in [4.69, 9.17) is 10.2 Å². The fourth-order valence-electron chi connectivity index (χ4n) is 1.85. The van der Waals surface area contributed by atoms with Gasteiger partial charge in [-0.15, -0.1) is 0 Å². The van der Waals surface area contributed by atoms with Crippen molar-refractivity contribution in [2.24, 2.45) is 5.92 Å². The number of carbonyl (C=O) groups is 2. The lowest BCUT2D eigenvalue weighted by Crippen LogP contribution is -2.21. The first-order valence-electron chi connectivity index (χ1n) is 6.70. The lowest BCUT2D eigenvalue weighted by Gasteiger charge is -2.12. The monoisotopic (exact) mass is 256 g/mol. The molecule has 4 nitrogen and oxygen atoms in total. The third-order valence-corrected chi connectivity index (χ3v) is 2.94. The van der Waals surface area contributed by atoms with Crippen LogP contribution in [0.5, 0.6) is 0 Å². The average Bonchev–Trinajstić information content (AvgIpc) is 2.31. The summed E-state index contributed by atoms with van der Waals surface area (Å²) in [6, 6.07) is 0. The van der Waals surface area contributed by atoms with Gasteiger partial charge in [0, 0.05) is 5.57 Å². The smallest absolute Gasteiger partial charge is 0.332 e. The molecule has 0 aromatic carbocycles. The highest BCUT2D eigenvalue weighted by Gasteiger charge is 2.26. The Kier molecular flexibility index (Phi) is 8.97. The molecule has 0 radical (unpaired) electrons. The summed E-state index contributed by atoms with van der Waals surface area (Å²) in [5.74, 6) is -3.01. The third-order valence-electron chi connectivity index (χ3n) is 2.94. The Morgan fingerprint density at radius 3 is 2.11 bits per heavy atom. The Morgan fingerprint density at radius 1 is 1.06 bits per heavy atom. The molecule has 18 heavy (non-hydrogen) atoms. The van der Waals surface area contributed by atoms with Crippen LogP contribution < -0.4 is 0 Å². The summed E-state index contributed by atoms with van der Waals surface area (Å²) >= 11 is 0. The van der Waals surface area contributed by atoms with Gasteiger partial charge in [-0.25, -0.2) is 4.79 Å². The van der Waals surface area contributed by atoms with Crippen molar-refractivity contribution in [3.05, 3.63) is 11.6 Å². The van der Waals surface area contributed by atoms with Gasteiger partial charge in [0.05, 0.1) is 5.92 Å². The summed E-state index contributed by atoms with van der Waals surface area (Å²) in [5, 5.41) is 18.2. The van der Waals surface area contributed by atoms with Gasteiger partial charge in [0.25, 0.3) is 0 Å². The average molecular weight is 256 g/mol. The third kappa shape index (κ3) is 6.42. The molecular formula is C14H24O4. The van der Waals surface area contributed by atoms with Crippen LogP contribution in [0, 0.1) is 5.92 Å². The second-order valence-electron chi connectivity index (χ2n) is 4.49. The van der Waals surface area contributed by atoms with Crippen molar-refractivity contribution in [1.29, 1.82) is 0 Å². The van der Waals surface area contributed by atoms with E-state index in [1.807, 2.05) is 6.92 Å². The minimum absolute atomic E-state index is 0.0482. The van der Waals surface area contributed by atoms with Gasteiger partial charge in [-0.2, -0.15) is 0 Å². The van der Waals surface area contributed by atoms with Crippen molar-refractivity contribution >= 4 is 11.9 Å². The minimum Gasteiger partial charge on any atom is -0.481 e. The molecule has 0 fully saturated rings. The van der Waals surface area contributed by atoms with E-state index in [9.17, 15) is 9.59 Å². The van der Waals surface area contributed by atoms with E-state index in [1.54, 1.807) is 6.08 Å². The molecule has 1 unspecified atom stereocenters. The first-order chi connectivity index (χ1) is 8.54. The maximum Gasteiger partial charge on any atom is 0.332 e. The minimum atomic E-state index is -1.10. The molecule has 0 saturated heterocycles. The molecule has 0 aliphatic heterocycles. The van der Waals surface area contributed by atoms with E-state index >= 15 is 0 Å². The normalized spacial score (nSPS) is 13.3. The van der Waals surface area contributed by atoms with E-state index in [2.05, 4.69) is 6.92 Å². The van der Waals surface area contributed by atoms with Crippen LogP contribution in [0.4, 0.5) is 0 Å². The Morgan fingerprint density at radius 2 is 1.67 bits per heavy atom. The molecule has 4 heteroatoms. The van der Waals surface area contributed by atoms with E-state index in [0.29, 0.717) is 12.8 Å². The Balaban J connectivity index is 4.69. The lowest BCUT2D eigenvalue weighted by molar-refractivity contribution is -0.144. The van der Waals surface area contributed by atoms with Crippen LogP contribution in [0.3, 0.4) is 0 Å². The van der Waals surface area contributed by atoms with Crippen molar-refractivity contribution in [3.63, 3.8) is 0 Å². The number of carboxylic acid groups (broad SMARTS) is 2. The van der Waals surface area contributed by atoms with Gasteiger partial charge >= 0.3 is 11.9 Å². The number of hydrogen-bond acceptors (Lipinski definition) is 2. The summed E-state index contributed by atoms with van der Waals surface area (Å²) < 4.78 is 0. The summed E-state index contributed by atoms with van der Waals surface area (Å²) in [6.07, 6.45) is 7.25. The summed E-state index contributed by atoms with van der Waals surface area (Å²) in [5.41, 5.74) is 0.0482. The zero-order chi connectivity index (χ0) is 14.0. The SMILES string of the molecule is CCCCCC=C(C(=O)O)C(CCCC)C(=O)O. The van der Waals surface area contributed by atoms with Gasteiger partial charge in [-0.1, -0.05) is 45.6 Å². The molecule has 0 spiro atoms. The van der Waals surface area contributed by atoms with Crippen LogP contribution in [-0.2, 0) is 9.59 Å². The zero-order valence-electron chi connectivity index (χ0n) is 11.3. The standard InChI is InChI=1S/C14H24O4/c1-3-5-7-8-10-12(14(17)18)11(13(15)16)9-6-4-2/h10-11H,3-9H2,1-2H3,(H,15,16)(H,17,18). The van der Waals surface area contributed by atoms with Crippen LogP contribution in [0.2, 0.25) is 0 Å². The van der Waals surface area contributed by atoms with Crippen LogP contribution in [0.1, 0.15) is 58.8 Å². The molecule has 0 aliphatic rings. The number of allylic oxidation sites excluding steroid dienone is 1. The Hall–Kier alpha value is -1.32. The van der Waals surface area contributed by atoms with E-state index < -0.39 is 17.9 Å². The number of unbranched alkanes of at least 4 members (excludes halogenated alkanes) is 4. The van der Waals surface area contributed by atoms with Crippen LogP contribution in [0.25, 0.3) is 0 Å². The predicted octanol–water partition coefficient (Wildman–Crippen LogP) is 3.47. The summed E-state index contributed by atoms with van der Waals surface area (Å²) in [4.78, 5) is 22.3. The molecular weight excluding hydrogens is 232 g/mol. The highest BCUT2D eigenvalue weighted by atomic mass is 16.4. The second-order valence-corrected chi connectivity index (χ2v) is 4.49. The second kappa shape index (κ2) is 9.68. The van der Waals surface area contributed by atoms with Gasteiger partial charge in [0.1, 0.15) is 0 Å². The van der Waals surface area contributed by atoms with E-state index in [-0.39, 0.29) is 5.57 Å². The van der Waals surface area contributed by atoms with Crippen molar-refractivity contribution in [3.8, 4) is 0 Å². The maximum atomic E-state index is 11.1. The van der Waals surface area contributed by atoms with E-state index in [0.717, 1.165) is 32.1 Å². The predicted molar refractivity (Wildman–Crippen MR) is 70.5 cm³/mol. The number of rotatable bonds is 10. The molecule has 0 saturated carbocycles. The van der Waals surface area contributed by atoms with Crippen molar-refractivity contribution in [2.75, 3.05) is 0 Å². The number of carboxylic acids is 2. The van der Waals surface area contributed by atoms with Gasteiger partial charge in [-0.3, -0.25) is 4.79 Å². The summed E-state index contributed by atoms with van der Waals surface area (Å²) in [6.45, 7) is 4.04.